The second kappa shape index (κ2) is 15.1. The molecule has 2 aromatic rings. The molecule has 136 valence electrons. The number of aliphatic hydroxyl groups is 2. The van der Waals surface area contributed by atoms with Gasteiger partial charge in [0, 0.05) is 5.57 Å². The summed E-state index contributed by atoms with van der Waals surface area (Å²) in [5.74, 6) is -0.935. The molecular weight excluding hydrogens is 320 g/mol. The summed E-state index contributed by atoms with van der Waals surface area (Å²) in [6.45, 7) is 5.70. The molecule has 5 nitrogen and oxygen atoms in total. The Labute approximate surface area is 148 Å². The van der Waals surface area contributed by atoms with Gasteiger partial charge in [0.25, 0.3) is 0 Å². The van der Waals surface area contributed by atoms with Gasteiger partial charge in [-0.15, -0.1) is 0 Å². The minimum atomic E-state index is -0.935. The average Bonchev–Trinajstić information content (AvgIpc) is 2.64. The van der Waals surface area contributed by atoms with E-state index in [2.05, 4.69) is 30.8 Å². The highest BCUT2D eigenvalue weighted by atomic mass is 16.5. The molecule has 0 aliphatic heterocycles. The van der Waals surface area contributed by atoms with E-state index >= 15 is 0 Å². The summed E-state index contributed by atoms with van der Waals surface area (Å²) in [4.78, 5) is 9.60. The maximum atomic E-state index is 9.60. The molecule has 3 N–H and O–H groups in total. The second-order valence-electron chi connectivity index (χ2n) is 5.00. The highest BCUT2D eigenvalue weighted by Crippen LogP contribution is 2.05. The van der Waals surface area contributed by atoms with E-state index in [-0.39, 0.29) is 18.8 Å². The molecule has 5 heteroatoms. The van der Waals surface area contributed by atoms with Gasteiger partial charge < -0.3 is 20.1 Å². The zero-order valence-electron chi connectivity index (χ0n) is 14.5. The summed E-state index contributed by atoms with van der Waals surface area (Å²) in [6.07, 6.45) is 0. The topological polar surface area (TPSA) is 87.0 Å². The lowest BCUT2D eigenvalue weighted by atomic mass is 10.2. The standard InChI is InChI=1S/C14H14O.C4H6O2.C2H6O2/c1-3-7-13(8-4-1)11-15-12-14-9-5-2-6-10-14;1-3(2)4(5)6;3-1-2-4/h1-10H,11-12H2;1H2,2H3,(H,5,6);3-4H,1-2H2. The van der Waals surface area contributed by atoms with Gasteiger partial charge in [0.2, 0.25) is 0 Å². The molecule has 0 saturated carbocycles. The highest BCUT2D eigenvalue weighted by molar-refractivity contribution is 5.84. The number of aliphatic carboxylic acids is 1. The van der Waals surface area contributed by atoms with Crippen molar-refractivity contribution in [3.63, 3.8) is 0 Å². The lowest BCUT2D eigenvalue weighted by molar-refractivity contribution is -0.132. The Morgan fingerprint density at radius 1 is 0.880 bits per heavy atom. The summed E-state index contributed by atoms with van der Waals surface area (Å²) >= 11 is 0. The lowest BCUT2D eigenvalue weighted by Crippen LogP contribution is -1.93. The molecule has 0 saturated heterocycles. The number of carbonyl (C=O) groups is 1. The quantitative estimate of drug-likeness (QED) is 0.700. The normalized spacial score (nSPS) is 9.08. The van der Waals surface area contributed by atoms with Crippen LogP contribution >= 0.6 is 0 Å². The largest absolute Gasteiger partial charge is 0.478 e. The molecule has 0 unspecified atom stereocenters. The van der Waals surface area contributed by atoms with Crippen molar-refractivity contribution in [1.82, 2.24) is 0 Å². The van der Waals surface area contributed by atoms with E-state index in [4.69, 9.17) is 20.1 Å². The molecule has 0 radical (unpaired) electrons. The summed E-state index contributed by atoms with van der Waals surface area (Å²) in [7, 11) is 0. The number of ether oxygens (including phenoxy) is 1. The second-order valence-corrected chi connectivity index (χ2v) is 5.00. The molecule has 0 bridgehead atoms. The predicted octanol–water partition coefficient (Wildman–Crippen LogP) is 3.02. The van der Waals surface area contributed by atoms with Crippen LogP contribution in [-0.2, 0) is 22.7 Å². The van der Waals surface area contributed by atoms with Gasteiger partial charge in [-0.2, -0.15) is 0 Å². The smallest absolute Gasteiger partial charge is 0.330 e. The Balaban J connectivity index is 0.000000481. The third-order valence-electron chi connectivity index (χ3n) is 2.69. The van der Waals surface area contributed by atoms with Crippen LogP contribution < -0.4 is 0 Å². The number of rotatable bonds is 6. The number of carboxylic acids is 1. The zero-order valence-corrected chi connectivity index (χ0v) is 14.5. The van der Waals surface area contributed by atoms with E-state index in [1.165, 1.54) is 18.1 Å². The Kier molecular flexibility index (Phi) is 13.6. The van der Waals surface area contributed by atoms with Crippen LogP contribution in [-0.4, -0.2) is 34.5 Å². The van der Waals surface area contributed by atoms with Crippen LogP contribution in [0.25, 0.3) is 0 Å². The van der Waals surface area contributed by atoms with Gasteiger partial charge >= 0.3 is 5.97 Å². The first-order valence-electron chi connectivity index (χ1n) is 7.77. The Morgan fingerprint density at radius 3 is 1.44 bits per heavy atom. The first-order valence-corrected chi connectivity index (χ1v) is 7.77. The number of aliphatic hydroxyl groups excluding tert-OH is 2. The minimum absolute atomic E-state index is 0.125. The van der Waals surface area contributed by atoms with E-state index < -0.39 is 5.97 Å². The first-order chi connectivity index (χ1) is 12.0. The molecule has 2 aromatic carbocycles. The van der Waals surface area contributed by atoms with Crippen molar-refractivity contribution in [1.29, 1.82) is 0 Å². The zero-order chi connectivity index (χ0) is 18.9. The van der Waals surface area contributed by atoms with Gasteiger partial charge in [-0.25, -0.2) is 4.79 Å². The molecule has 0 aliphatic carbocycles. The molecular formula is C20H26O5. The summed E-state index contributed by atoms with van der Waals surface area (Å²) in [5, 5.41) is 23.1. The van der Waals surface area contributed by atoms with Crippen molar-refractivity contribution in [3.05, 3.63) is 83.9 Å². The Morgan fingerprint density at radius 2 is 1.20 bits per heavy atom. The average molecular weight is 346 g/mol. The fraction of sp³-hybridized carbons (Fsp3) is 0.250. The van der Waals surface area contributed by atoms with Crippen LogP contribution in [0.4, 0.5) is 0 Å². The van der Waals surface area contributed by atoms with Crippen LogP contribution in [0, 0.1) is 0 Å². The van der Waals surface area contributed by atoms with Crippen molar-refractivity contribution in [2.75, 3.05) is 13.2 Å². The fourth-order valence-corrected chi connectivity index (χ4v) is 1.44. The van der Waals surface area contributed by atoms with Gasteiger partial charge in [0.1, 0.15) is 0 Å². The number of hydrogen-bond donors (Lipinski definition) is 3. The SMILES string of the molecule is C=C(C)C(=O)O.OCCO.c1ccc(COCc2ccccc2)cc1. The van der Waals surface area contributed by atoms with Crippen molar-refractivity contribution in [3.8, 4) is 0 Å². The maximum absolute atomic E-state index is 9.60. The summed E-state index contributed by atoms with van der Waals surface area (Å²) < 4.78 is 5.61. The van der Waals surface area contributed by atoms with Gasteiger partial charge in [0.05, 0.1) is 26.4 Å². The molecule has 0 aliphatic rings. The van der Waals surface area contributed by atoms with Crippen molar-refractivity contribution < 1.29 is 24.9 Å². The highest BCUT2D eigenvalue weighted by Gasteiger charge is 1.93. The van der Waals surface area contributed by atoms with E-state index in [1.807, 2.05) is 36.4 Å². The van der Waals surface area contributed by atoms with Crippen LogP contribution in [0.2, 0.25) is 0 Å². The summed E-state index contributed by atoms with van der Waals surface area (Å²) in [6, 6.07) is 20.4. The molecule has 0 heterocycles. The maximum Gasteiger partial charge on any atom is 0.330 e. The molecule has 0 aromatic heterocycles. The van der Waals surface area contributed by atoms with Crippen molar-refractivity contribution in [2.24, 2.45) is 0 Å². The van der Waals surface area contributed by atoms with E-state index in [9.17, 15) is 4.79 Å². The fourth-order valence-electron chi connectivity index (χ4n) is 1.44. The molecule has 25 heavy (non-hydrogen) atoms. The third kappa shape index (κ3) is 13.6. The molecule has 0 atom stereocenters. The molecule has 0 spiro atoms. The van der Waals surface area contributed by atoms with Gasteiger partial charge in [-0.1, -0.05) is 67.2 Å². The van der Waals surface area contributed by atoms with E-state index in [1.54, 1.807) is 0 Å². The Bertz CT molecular complexity index is 528. The van der Waals surface area contributed by atoms with Crippen LogP contribution in [0.3, 0.4) is 0 Å². The van der Waals surface area contributed by atoms with Crippen molar-refractivity contribution >= 4 is 5.97 Å². The van der Waals surface area contributed by atoms with Crippen LogP contribution in [0.5, 0.6) is 0 Å². The number of hydrogen-bond acceptors (Lipinski definition) is 4. The molecule has 2 rings (SSSR count). The monoisotopic (exact) mass is 346 g/mol. The lowest BCUT2D eigenvalue weighted by Gasteiger charge is -2.03. The van der Waals surface area contributed by atoms with Crippen LogP contribution in [0.15, 0.2) is 72.8 Å². The van der Waals surface area contributed by atoms with Gasteiger partial charge in [-0.3, -0.25) is 0 Å². The number of carboxylic acid groups (broad SMARTS) is 1. The van der Waals surface area contributed by atoms with Gasteiger partial charge in [0.15, 0.2) is 0 Å². The van der Waals surface area contributed by atoms with Crippen molar-refractivity contribution in [2.45, 2.75) is 20.1 Å². The van der Waals surface area contributed by atoms with Gasteiger partial charge in [-0.05, 0) is 18.1 Å². The first kappa shape index (κ1) is 22.5. The Hall–Kier alpha value is -2.47. The van der Waals surface area contributed by atoms with Crippen LogP contribution in [0.1, 0.15) is 18.1 Å². The molecule has 0 fully saturated rings. The predicted molar refractivity (Wildman–Crippen MR) is 98.0 cm³/mol. The van der Waals surface area contributed by atoms with E-state index in [0.717, 1.165) is 0 Å². The third-order valence-corrected chi connectivity index (χ3v) is 2.69. The number of benzene rings is 2. The van der Waals surface area contributed by atoms with E-state index in [0.29, 0.717) is 13.2 Å². The molecule has 0 amide bonds. The minimum Gasteiger partial charge on any atom is -0.478 e. The summed E-state index contributed by atoms with van der Waals surface area (Å²) in [5.41, 5.74) is 2.61.